The molecule has 2 nitrogen and oxygen atoms in total. The van der Waals surface area contributed by atoms with Gasteiger partial charge in [0, 0.05) is 0 Å². The van der Waals surface area contributed by atoms with Crippen LogP contribution in [-0.4, -0.2) is 24.9 Å². The molecule has 0 spiro atoms. The molecule has 1 atom stereocenters. The average Bonchev–Trinajstić information content (AvgIpc) is 1.85. The van der Waals surface area contributed by atoms with Crippen LogP contribution in [0.25, 0.3) is 0 Å². The van der Waals surface area contributed by atoms with E-state index in [0.29, 0.717) is 0 Å². The van der Waals surface area contributed by atoms with E-state index >= 15 is 0 Å². The van der Waals surface area contributed by atoms with Crippen LogP contribution in [0.2, 0.25) is 0 Å². The highest BCUT2D eigenvalue weighted by Gasteiger charge is 2.65. The van der Waals surface area contributed by atoms with Crippen molar-refractivity contribution in [2.45, 2.75) is 18.5 Å². The summed E-state index contributed by atoms with van der Waals surface area (Å²) in [7, 11) is 0. The molecule has 0 saturated carbocycles. The number of halogens is 6. The minimum atomic E-state index is -5.94. The summed E-state index contributed by atoms with van der Waals surface area (Å²) in [6.07, 6.45) is -10.4. The molecular weight excluding hydrogens is 194 g/mol. The number of carbonyl (C=O) groups excluding carboxylic acids is 1. The molecule has 0 fully saturated rings. The van der Waals surface area contributed by atoms with Gasteiger partial charge in [0.25, 0.3) is 6.47 Å². The summed E-state index contributed by atoms with van der Waals surface area (Å²) >= 11 is 0. The van der Waals surface area contributed by atoms with Gasteiger partial charge in [-0.1, -0.05) is 0 Å². The van der Waals surface area contributed by atoms with Crippen molar-refractivity contribution in [1.82, 2.24) is 0 Å². The average molecular weight is 196 g/mol. The van der Waals surface area contributed by atoms with Crippen LogP contribution < -0.4 is 0 Å². The molecule has 72 valence electrons. The Kier molecular flexibility index (Phi) is 2.94. The van der Waals surface area contributed by atoms with E-state index < -0.39 is 24.9 Å². The van der Waals surface area contributed by atoms with Crippen molar-refractivity contribution >= 4 is 6.47 Å². The second kappa shape index (κ2) is 3.20. The highest BCUT2D eigenvalue weighted by molar-refractivity contribution is 5.38. The van der Waals surface area contributed by atoms with E-state index in [2.05, 4.69) is 4.74 Å². The lowest BCUT2D eigenvalue weighted by molar-refractivity contribution is -0.351. The van der Waals surface area contributed by atoms with E-state index in [-0.39, 0.29) is 0 Å². The largest absolute Gasteiger partial charge is 0.466 e. The summed E-state index contributed by atoms with van der Waals surface area (Å²) < 4.78 is 71.7. The number of alkyl halides is 6. The SMILES string of the molecule is O=COC(F)(C(F)F)C(F)(F)F. The van der Waals surface area contributed by atoms with E-state index in [1.807, 2.05) is 0 Å². The normalized spacial score (nSPS) is 17.2. The molecule has 0 radical (unpaired) electrons. The Balaban J connectivity index is 4.73. The molecule has 0 bridgehead atoms. The third-order valence-electron chi connectivity index (χ3n) is 0.887. The first kappa shape index (κ1) is 11.0. The molecule has 0 aromatic carbocycles. The predicted molar refractivity (Wildman–Crippen MR) is 23.0 cm³/mol. The number of carbonyl (C=O) groups is 1. The van der Waals surface area contributed by atoms with Gasteiger partial charge in [0.2, 0.25) is 0 Å². The quantitative estimate of drug-likeness (QED) is 0.506. The number of ether oxygens (including phenoxy) is 1. The van der Waals surface area contributed by atoms with Gasteiger partial charge < -0.3 is 4.74 Å². The van der Waals surface area contributed by atoms with Crippen LogP contribution in [0, 0.1) is 0 Å². The highest BCUT2D eigenvalue weighted by Crippen LogP contribution is 2.39. The number of rotatable bonds is 3. The van der Waals surface area contributed by atoms with E-state index in [0.717, 1.165) is 0 Å². The molecular formula is C4H2F6O2. The molecule has 0 saturated heterocycles. The lowest BCUT2D eigenvalue weighted by atomic mass is 10.3. The van der Waals surface area contributed by atoms with Gasteiger partial charge in [-0.3, -0.25) is 4.79 Å². The van der Waals surface area contributed by atoms with Crippen molar-refractivity contribution in [3.8, 4) is 0 Å². The summed E-state index contributed by atoms with van der Waals surface area (Å²) in [6, 6.07) is 0. The van der Waals surface area contributed by atoms with Crippen LogP contribution >= 0.6 is 0 Å². The van der Waals surface area contributed by atoms with E-state index in [1.165, 1.54) is 0 Å². The first-order valence-electron chi connectivity index (χ1n) is 2.41. The van der Waals surface area contributed by atoms with Gasteiger partial charge in [-0.2, -0.15) is 17.6 Å². The third kappa shape index (κ3) is 1.80. The molecule has 1 unspecified atom stereocenters. The van der Waals surface area contributed by atoms with Crippen LogP contribution in [0.15, 0.2) is 0 Å². The summed E-state index contributed by atoms with van der Waals surface area (Å²) in [5.74, 6) is -5.21. The first-order chi connectivity index (χ1) is 5.25. The van der Waals surface area contributed by atoms with Crippen molar-refractivity contribution in [1.29, 1.82) is 0 Å². The first-order valence-corrected chi connectivity index (χ1v) is 2.41. The number of hydrogen-bond acceptors (Lipinski definition) is 2. The van der Waals surface area contributed by atoms with E-state index in [9.17, 15) is 31.1 Å². The van der Waals surface area contributed by atoms with Crippen molar-refractivity contribution in [3.05, 3.63) is 0 Å². The Morgan fingerprint density at radius 2 is 1.58 bits per heavy atom. The molecule has 8 heteroatoms. The van der Waals surface area contributed by atoms with Gasteiger partial charge in [0.15, 0.2) is 0 Å². The molecule has 12 heavy (non-hydrogen) atoms. The lowest BCUT2D eigenvalue weighted by Gasteiger charge is -2.24. The third-order valence-corrected chi connectivity index (χ3v) is 0.887. The Morgan fingerprint density at radius 3 is 1.67 bits per heavy atom. The maximum absolute atomic E-state index is 12.1. The fourth-order valence-electron chi connectivity index (χ4n) is 0.312. The summed E-state index contributed by atoms with van der Waals surface area (Å²) in [5, 5.41) is 0. The molecule has 0 aliphatic rings. The Labute approximate surface area is 62.1 Å². The predicted octanol–water partition coefficient (Wildman–Crippen LogP) is 1.65. The zero-order valence-corrected chi connectivity index (χ0v) is 5.24. The maximum Gasteiger partial charge on any atom is 0.466 e. The lowest BCUT2D eigenvalue weighted by Crippen LogP contribution is -2.49. The summed E-state index contributed by atoms with van der Waals surface area (Å²) in [4.78, 5) is 9.28. The van der Waals surface area contributed by atoms with Crippen LogP contribution in [0.3, 0.4) is 0 Å². The Bertz CT molecular complexity index is 165. The monoisotopic (exact) mass is 196 g/mol. The molecule has 0 aliphatic carbocycles. The van der Waals surface area contributed by atoms with Gasteiger partial charge in [-0.15, -0.1) is 0 Å². The van der Waals surface area contributed by atoms with Gasteiger partial charge in [0.1, 0.15) is 0 Å². The van der Waals surface area contributed by atoms with Crippen LogP contribution in [-0.2, 0) is 9.53 Å². The van der Waals surface area contributed by atoms with Gasteiger partial charge in [-0.05, 0) is 0 Å². The Morgan fingerprint density at radius 1 is 1.17 bits per heavy atom. The second-order valence-corrected chi connectivity index (χ2v) is 1.66. The van der Waals surface area contributed by atoms with Gasteiger partial charge in [-0.25, -0.2) is 8.78 Å². The fraction of sp³-hybridized carbons (Fsp3) is 0.750. The fourth-order valence-corrected chi connectivity index (χ4v) is 0.312. The molecule has 0 aliphatic heterocycles. The van der Waals surface area contributed by atoms with Crippen molar-refractivity contribution < 1.29 is 35.9 Å². The van der Waals surface area contributed by atoms with Crippen LogP contribution in [0.1, 0.15) is 0 Å². The summed E-state index contributed by atoms with van der Waals surface area (Å²) in [5.41, 5.74) is 0. The zero-order valence-electron chi connectivity index (χ0n) is 5.24. The molecule has 0 aromatic heterocycles. The van der Waals surface area contributed by atoms with Gasteiger partial charge >= 0.3 is 18.5 Å². The van der Waals surface area contributed by atoms with Crippen molar-refractivity contribution in [3.63, 3.8) is 0 Å². The maximum atomic E-state index is 12.1. The minimum Gasteiger partial charge on any atom is -0.417 e. The van der Waals surface area contributed by atoms with Crippen LogP contribution in [0.5, 0.6) is 0 Å². The highest BCUT2D eigenvalue weighted by atomic mass is 19.4. The van der Waals surface area contributed by atoms with Crippen LogP contribution in [0.4, 0.5) is 26.3 Å². The molecule has 0 rings (SSSR count). The van der Waals surface area contributed by atoms with Crippen molar-refractivity contribution in [2.75, 3.05) is 0 Å². The minimum absolute atomic E-state index is 1.03. The standard InChI is InChI=1S/C4H2F6O2/c5-2(6)3(7,12-1-11)4(8,9)10/h1-2H. The smallest absolute Gasteiger partial charge is 0.417 e. The molecule has 0 aromatic rings. The summed E-state index contributed by atoms with van der Waals surface area (Å²) in [6.45, 7) is -1.03. The topological polar surface area (TPSA) is 26.3 Å². The molecule has 0 amide bonds. The van der Waals surface area contributed by atoms with E-state index in [1.54, 1.807) is 0 Å². The van der Waals surface area contributed by atoms with Crippen molar-refractivity contribution in [2.24, 2.45) is 0 Å². The molecule has 0 heterocycles. The zero-order chi connectivity index (χ0) is 9.99. The van der Waals surface area contributed by atoms with Gasteiger partial charge in [0.05, 0.1) is 0 Å². The number of hydrogen-bond donors (Lipinski definition) is 0. The molecule has 0 N–H and O–H groups in total. The second-order valence-electron chi connectivity index (χ2n) is 1.66. The Hall–Kier alpha value is -0.950. The van der Waals surface area contributed by atoms with E-state index in [4.69, 9.17) is 0 Å².